The molecule has 0 unspecified atom stereocenters. The summed E-state index contributed by atoms with van der Waals surface area (Å²) >= 11 is 0. The average Bonchev–Trinajstić information content (AvgIpc) is 3.58. The summed E-state index contributed by atoms with van der Waals surface area (Å²) in [5.41, 5.74) is 3.24. The largest absolute Gasteiger partial charge is 0.493 e. The molecule has 0 aromatic heterocycles. The van der Waals surface area contributed by atoms with Crippen LogP contribution in [0.2, 0.25) is 0 Å². The van der Waals surface area contributed by atoms with Gasteiger partial charge in [0.25, 0.3) is 0 Å². The van der Waals surface area contributed by atoms with Crippen LogP contribution in [0.3, 0.4) is 0 Å². The van der Waals surface area contributed by atoms with E-state index >= 15 is 0 Å². The molecule has 6 heteroatoms. The van der Waals surface area contributed by atoms with E-state index in [1.165, 1.54) is 11.6 Å². The summed E-state index contributed by atoms with van der Waals surface area (Å²) in [4.78, 5) is 14.8. The normalized spacial score (nSPS) is 19.7. The van der Waals surface area contributed by atoms with Crippen molar-refractivity contribution in [1.29, 1.82) is 0 Å². The predicted molar refractivity (Wildman–Crippen MR) is 113 cm³/mol. The maximum Gasteiger partial charge on any atom is 0.223 e. The third-order valence-electron chi connectivity index (χ3n) is 6.09. The first kappa shape index (κ1) is 20.7. The lowest BCUT2D eigenvalue weighted by Crippen LogP contribution is -2.47. The molecular formula is C24H29FN2O3. The van der Waals surface area contributed by atoms with Gasteiger partial charge in [-0.15, -0.1) is 0 Å². The molecule has 5 nitrogen and oxygen atoms in total. The maximum absolute atomic E-state index is 13.8. The standard InChI is InChI=1S/C24H29FN2O3/c1-15(26-24(28)17-7-8-17)23-20-13-22(30-3)21(29-2)12-18(20)9-10-27(23)14-16-5-4-6-19(25)11-16/h4-6,11-13,15,17,23H,7-10,14H2,1-3H3,(H,26,28)/t15-,23+/m0/s1. The highest BCUT2D eigenvalue weighted by Crippen LogP contribution is 2.40. The molecule has 2 atom stereocenters. The molecule has 1 saturated carbocycles. The Morgan fingerprint density at radius 1 is 1.20 bits per heavy atom. The fraction of sp³-hybridized carbons (Fsp3) is 0.458. The van der Waals surface area contributed by atoms with Gasteiger partial charge in [0.15, 0.2) is 11.5 Å². The molecule has 1 aliphatic heterocycles. The van der Waals surface area contributed by atoms with Gasteiger partial charge in [0, 0.05) is 25.0 Å². The van der Waals surface area contributed by atoms with Crippen LogP contribution in [0.25, 0.3) is 0 Å². The summed E-state index contributed by atoms with van der Waals surface area (Å²) < 4.78 is 24.8. The van der Waals surface area contributed by atoms with Crippen molar-refractivity contribution >= 4 is 5.91 Å². The molecule has 0 saturated heterocycles. The van der Waals surface area contributed by atoms with Crippen molar-refractivity contribution in [2.24, 2.45) is 5.92 Å². The average molecular weight is 413 g/mol. The Morgan fingerprint density at radius 2 is 1.93 bits per heavy atom. The van der Waals surface area contributed by atoms with Gasteiger partial charge in [-0.1, -0.05) is 12.1 Å². The number of hydrogen-bond donors (Lipinski definition) is 1. The van der Waals surface area contributed by atoms with E-state index in [0.29, 0.717) is 18.0 Å². The fourth-order valence-electron chi connectivity index (χ4n) is 4.43. The zero-order valence-electron chi connectivity index (χ0n) is 17.8. The maximum atomic E-state index is 13.8. The van der Waals surface area contributed by atoms with E-state index in [0.717, 1.165) is 36.9 Å². The van der Waals surface area contributed by atoms with E-state index in [4.69, 9.17) is 9.47 Å². The van der Waals surface area contributed by atoms with Gasteiger partial charge in [-0.3, -0.25) is 9.69 Å². The molecule has 4 rings (SSSR count). The van der Waals surface area contributed by atoms with Crippen LogP contribution in [-0.4, -0.2) is 37.6 Å². The molecule has 1 fully saturated rings. The number of rotatable bonds is 7. The molecule has 0 radical (unpaired) electrons. The molecular weight excluding hydrogens is 383 g/mol. The summed E-state index contributed by atoms with van der Waals surface area (Å²) in [7, 11) is 3.27. The second-order valence-electron chi connectivity index (χ2n) is 8.27. The van der Waals surface area contributed by atoms with Crippen molar-refractivity contribution in [1.82, 2.24) is 10.2 Å². The highest BCUT2D eigenvalue weighted by atomic mass is 19.1. The van der Waals surface area contributed by atoms with E-state index in [2.05, 4.69) is 17.1 Å². The van der Waals surface area contributed by atoms with Crippen LogP contribution >= 0.6 is 0 Å². The van der Waals surface area contributed by atoms with Crippen molar-refractivity contribution in [2.45, 2.75) is 44.8 Å². The molecule has 2 aromatic carbocycles. The Hall–Kier alpha value is -2.60. The van der Waals surface area contributed by atoms with Gasteiger partial charge in [-0.2, -0.15) is 0 Å². The van der Waals surface area contributed by atoms with Crippen LogP contribution in [0.15, 0.2) is 36.4 Å². The van der Waals surface area contributed by atoms with Gasteiger partial charge in [-0.25, -0.2) is 4.39 Å². The van der Waals surface area contributed by atoms with Crippen molar-refractivity contribution < 1.29 is 18.7 Å². The SMILES string of the molecule is COc1cc2c(cc1OC)[C@@H]([C@H](C)NC(=O)C1CC1)N(Cc1cccc(F)c1)CC2. The van der Waals surface area contributed by atoms with Crippen LogP contribution in [0.1, 0.15) is 42.5 Å². The lowest BCUT2D eigenvalue weighted by Gasteiger charge is -2.41. The summed E-state index contributed by atoms with van der Waals surface area (Å²) in [5.74, 6) is 1.43. The molecule has 2 aromatic rings. The lowest BCUT2D eigenvalue weighted by atomic mass is 9.87. The summed E-state index contributed by atoms with van der Waals surface area (Å²) in [6, 6.07) is 10.6. The second kappa shape index (κ2) is 8.64. The number of carbonyl (C=O) groups is 1. The second-order valence-corrected chi connectivity index (χ2v) is 8.27. The molecule has 2 aliphatic rings. The van der Waals surface area contributed by atoms with Crippen molar-refractivity contribution in [3.63, 3.8) is 0 Å². The van der Waals surface area contributed by atoms with Crippen LogP contribution in [-0.2, 0) is 17.8 Å². The Bertz CT molecular complexity index is 929. The minimum Gasteiger partial charge on any atom is -0.493 e. The highest BCUT2D eigenvalue weighted by molar-refractivity contribution is 5.81. The van der Waals surface area contributed by atoms with E-state index < -0.39 is 0 Å². The van der Waals surface area contributed by atoms with Crippen molar-refractivity contribution in [3.8, 4) is 11.5 Å². The number of hydrogen-bond acceptors (Lipinski definition) is 4. The van der Waals surface area contributed by atoms with Gasteiger partial charge < -0.3 is 14.8 Å². The summed E-state index contributed by atoms with van der Waals surface area (Å²) in [6.07, 6.45) is 2.79. The zero-order chi connectivity index (χ0) is 21.3. The minimum atomic E-state index is -0.233. The van der Waals surface area contributed by atoms with Gasteiger partial charge in [0.1, 0.15) is 5.82 Å². The van der Waals surface area contributed by atoms with Gasteiger partial charge in [-0.05, 0) is 67.1 Å². The van der Waals surface area contributed by atoms with E-state index in [1.54, 1.807) is 26.4 Å². The predicted octanol–water partition coefficient (Wildman–Crippen LogP) is 3.86. The third-order valence-corrected chi connectivity index (χ3v) is 6.09. The van der Waals surface area contributed by atoms with Crippen LogP contribution in [0.5, 0.6) is 11.5 Å². The number of benzene rings is 2. The smallest absolute Gasteiger partial charge is 0.223 e. The van der Waals surface area contributed by atoms with Crippen molar-refractivity contribution in [3.05, 3.63) is 58.9 Å². The first-order valence-corrected chi connectivity index (χ1v) is 10.5. The highest BCUT2D eigenvalue weighted by Gasteiger charge is 2.36. The molecule has 1 amide bonds. The molecule has 1 N–H and O–H groups in total. The molecule has 30 heavy (non-hydrogen) atoms. The van der Waals surface area contributed by atoms with E-state index in [1.807, 2.05) is 18.2 Å². The quantitative estimate of drug-likeness (QED) is 0.750. The lowest BCUT2D eigenvalue weighted by molar-refractivity contribution is -0.123. The first-order chi connectivity index (χ1) is 14.5. The van der Waals surface area contributed by atoms with E-state index in [9.17, 15) is 9.18 Å². The number of halogens is 1. The van der Waals surface area contributed by atoms with Crippen molar-refractivity contribution in [2.75, 3.05) is 20.8 Å². The number of amides is 1. The first-order valence-electron chi connectivity index (χ1n) is 10.5. The zero-order valence-corrected chi connectivity index (χ0v) is 17.8. The van der Waals surface area contributed by atoms with Crippen LogP contribution in [0.4, 0.5) is 4.39 Å². The molecule has 160 valence electrons. The molecule has 0 spiro atoms. The summed E-state index contributed by atoms with van der Waals surface area (Å²) in [6.45, 7) is 3.47. The number of ether oxygens (including phenoxy) is 2. The Kier molecular flexibility index (Phi) is 5.95. The summed E-state index contributed by atoms with van der Waals surface area (Å²) in [5, 5.41) is 3.22. The minimum absolute atomic E-state index is 0.0421. The van der Waals surface area contributed by atoms with E-state index in [-0.39, 0.29) is 29.7 Å². The Labute approximate surface area is 177 Å². The number of methoxy groups -OCH3 is 2. The van der Waals surface area contributed by atoms with Crippen LogP contribution in [0, 0.1) is 11.7 Å². The number of fused-ring (bicyclic) bond motifs is 1. The topological polar surface area (TPSA) is 50.8 Å². The Balaban J connectivity index is 1.68. The number of nitrogens with one attached hydrogen (secondary N) is 1. The molecule has 1 aliphatic carbocycles. The molecule has 0 bridgehead atoms. The number of carbonyl (C=O) groups excluding carboxylic acids is 1. The monoisotopic (exact) mass is 412 g/mol. The van der Waals surface area contributed by atoms with Gasteiger partial charge in [0.05, 0.1) is 20.3 Å². The Morgan fingerprint density at radius 3 is 2.60 bits per heavy atom. The van der Waals surface area contributed by atoms with Gasteiger partial charge >= 0.3 is 0 Å². The number of nitrogens with zero attached hydrogens (tertiary/aromatic N) is 1. The van der Waals surface area contributed by atoms with Gasteiger partial charge in [0.2, 0.25) is 5.91 Å². The third kappa shape index (κ3) is 4.29. The van der Waals surface area contributed by atoms with Crippen LogP contribution < -0.4 is 14.8 Å². The molecule has 1 heterocycles. The fourth-order valence-corrected chi connectivity index (χ4v) is 4.43.